The lowest BCUT2D eigenvalue weighted by Crippen LogP contribution is -2.37. The molecule has 1 aromatic heterocycles. The molecule has 2 heterocycles. The first kappa shape index (κ1) is 16.4. The third-order valence-electron chi connectivity index (χ3n) is 4.00. The Morgan fingerprint density at radius 2 is 1.87 bits per heavy atom. The number of pyridine rings is 1. The molecular weight excluding hydrogens is 335 g/mol. The summed E-state index contributed by atoms with van der Waals surface area (Å²) in [5.41, 5.74) is 1.85. The number of anilines is 1. The highest BCUT2D eigenvalue weighted by atomic mass is 35.5. The first-order valence-electron chi connectivity index (χ1n) is 7.57. The van der Waals surface area contributed by atoms with Gasteiger partial charge >= 0.3 is 0 Å². The SMILES string of the molecule is Oc1ccc(N2CCC(OCc3ncc(Cl)cc3Cl)CC2)cc1. The van der Waals surface area contributed by atoms with Crippen molar-refractivity contribution in [2.45, 2.75) is 25.6 Å². The number of benzene rings is 1. The predicted molar refractivity (Wildman–Crippen MR) is 92.4 cm³/mol. The molecule has 0 aliphatic carbocycles. The first-order valence-corrected chi connectivity index (χ1v) is 8.33. The van der Waals surface area contributed by atoms with E-state index >= 15 is 0 Å². The standard InChI is InChI=1S/C17H18Cl2N2O2/c18-12-9-16(19)17(20-10-12)11-23-15-5-7-21(8-6-15)13-1-3-14(22)4-2-13/h1-4,9-10,15,22H,5-8,11H2. The molecule has 0 saturated carbocycles. The number of rotatable bonds is 4. The fraction of sp³-hybridized carbons (Fsp3) is 0.353. The lowest BCUT2D eigenvalue weighted by Gasteiger charge is -2.33. The lowest BCUT2D eigenvalue weighted by atomic mass is 10.1. The number of ether oxygens (including phenoxy) is 1. The minimum atomic E-state index is 0.205. The number of phenolic OH excluding ortho intramolecular Hbond substituents is 1. The van der Waals surface area contributed by atoms with Gasteiger partial charge in [0.05, 0.1) is 28.5 Å². The molecule has 1 aliphatic rings. The van der Waals surface area contributed by atoms with Gasteiger partial charge in [-0.3, -0.25) is 4.98 Å². The molecule has 0 atom stereocenters. The van der Waals surface area contributed by atoms with Crippen LogP contribution >= 0.6 is 23.2 Å². The molecule has 0 amide bonds. The summed E-state index contributed by atoms with van der Waals surface area (Å²) < 4.78 is 5.94. The number of hydrogen-bond acceptors (Lipinski definition) is 4. The highest BCUT2D eigenvalue weighted by Crippen LogP contribution is 2.25. The summed E-state index contributed by atoms with van der Waals surface area (Å²) >= 11 is 11.9. The van der Waals surface area contributed by atoms with Crippen molar-refractivity contribution >= 4 is 28.9 Å². The Morgan fingerprint density at radius 3 is 2.52 bits per heavy atom. The van der Waals surface area contributed by atoms with Gasteiger partial charge in [-0.05, 0) is 43.2 Å². The molecule has 3 rings (SSSR count). The summed E-state index contributed by atoms with van der Waals surface area (Å²) in [7, 11) is 0. The molecule has 1 aliphatic heterocycles. The lowest BCUT2D eigenvalue weighted by molar-refractivity contribution is 0.0235. The summed E-state index contributed by atoms with van der Waals surface area (Å²) in [6.07, 6.45) is 3.69. The van der Waals surface area contributed by atoms with E-state index in [2.05, 4.69) is 9.88 Å². The van der Waals surface area contributed by atoms with Gasteiger partial charge in [0.1, 0.15) is 5.75 Å². The predicted octanol–water partition coefficient (Wildman–Crippen LogP) is 4.28. The number of halogens is 2. The second kappa shape index (κ2) is 7.39. The molecule has 1 saturated heterocycles. The zero-order valence-corrected chi connectivity index (χ0v) is 14.1. The molecule has 23 heavy (non-hydrogen) atoms. The van der Waals surface area contributed by atoms with Crippen LogP contribution in [0.15, 0.2) is 36.5 Å². The van der Waals surface area contributed by atoms with Crippen LogP contribution in [0.25, 0.3) is 0 Å². The molecule has 1 fully saturated rings. The zero-order chi connectivity index (χ0) is 16.2. The topological polar surface area (TPSA) is 45.6 Å². The van der Waals surface area contributed by atoms with Crippen molar-refractivity contribution in [2.75, 3.05) is 18.0 Å². The fourth-order valence-corrected chi connectivity index (χ4v) is 3.12. The molecule has 1 aromatic carbocycles. The number of hydrogen-bond donors (Lipinski definition) is 1. The fourth-order valence-electron chi connectivity index (χ4n) is 2.69. The maximum Gasteiger partial charge on any atom is 0.115 e. The third kappa shape index (κ3) is 4.28. The van der Waals surface area contributed by atoms with Gasteiger partial charge in [0.25, 0.3) is 0 Å². The average Bonchev–Trinajstić information content (AvgIpc) is 2.55. The van der Waals surface area contributed by atoms with Gasteiger partial charge < -0.3 is 14.7 Å². The summed E-state index contributed by atoms with van der Waals surface area (Å²) in [4.78, 5) is 6.51. The van der Waals surface area contributed by atoms with Crippen LogP contribution in [0, 0.1) is 0 Å². The quantitative estimate of drug-likeness (QED) is 0.891. The van der Waals surface area contributed by atoms with Gasteiger partial charge in [0, 0.05) is 25.0 Å². The van der Waals surface area contributed by atoms with E-state index in [1.807, 2.05) is 12.1 Å². The number of phenols is 1. The summed E-state index contributed by atoms with van der Waals surface area (Å²) in [6.45, 7) is 2.26. The van der Waals surface area contributed by atoms with Crippen molar-refractivity contribution in [2.24, 2.45) is 0 Å². The summed E-state index contributed by atoms with van der Waals surface area (Å²) in [6, 6.07) is 8.99. The molecular formula is C17H18Cl2N2O2. The number of aromatic hydroxyl groups is 1. The molecule has 4 nitrogen and oxygen atoms in total. The van der Waals surface area contributed by atoms with Crippen molar-refractivity contribution in [3.05, 3.63) is 52.3 Å². The Bertz CT molecular complexity index is 656. The molecule has 2 aromatic rings. The Balaban J connectivity index is 1.50. The van der Waals surface area contributed by atoms with Gasteiger partial charge in [-0.15, -0.1) is 0 Å². The van der Waals surface area contributed by atoms with E-state index < -0.39 is 0 Å². The van der Waals surface area contributed by atoms with Crippen LogP contribution < -0.4 is 4.90 Å². The molecule has 6 heteroatoms. The normalized spacial score (nSPS) is 15.8. The minimum Gasteiger partial charge on any atom is -0.508 e. The third-order valence-corrected chi connectivity index (χ3v) is 4.53. The highest BCUT2D eigenvalue weighted by molar-refractivity contribution is 6.34. The van der Waals surface area contributed by atoms with Crippen LogP contribution in [0.4, 0.5) is 5.69 Å². The van der Waals surface area contributed by atoms with Crippen LogP contribution in [-0.4, -0.2) is 29.3 Å². The van der Waals surface area contributed by atoms with E-state index in [1.165, 1.54) is 0 Å². The van der Waals surface area contributed by atoms with Gasteiger partial charge in [0.15, 0.2) is 0 Å². The maximum atomic E-state index is 9.35. The number of aromatic nitrogens is 1. The molecule has 0 spiro atoms. The van der Waals surface area contributed by atoms with Crippen LogP contribution in [0.5, 0.6) is 5.75 Å². The maximum absolute atomic E-state index is 9.35. The van der Waals surface area contributed by atoms with Crippen LogP contribution in [-0.2, 0) is 11.3 Å². The number of nitrogens with zero attached hydrogens (tertiary/aromatic N) is 2. The smallest absolute Gasteiger partial charge is 0.115 e. The minimum absolute atomic E-state index is 0.205. The molecule has 0 bridgehead atoms. The second-order valence-electron chi connectivity index (χ2n) is 5.60. The van der Waals surface area contributed by atoms with Crippen molar-refractivity contribution in [3.63, 3.8) is 0 Å². The summed E-state index contributed by atoms with van der Waals surface area (Å²) in [5.74, 6) is 0.291. The second-order valence-corrected chi connectivity index (χ2v) is 6.44. The largest absolute Gasteiger partial charge is 0.508 e. The van der Waals surface area contributed by atoms with E-state index in [0.717, 1.165) is 37.3 Å². The average molecular weight is 353 g/mol. The zero-order valence-electron chi connectivity index (χ0n) is 12.6. The van der Waals surface area contributed by atoms with E-state index in [-0.39, 0.29) is 6.10 Å². The van der Waals surface area contributed by atoms with Crippen molar-refractivity contribution in [1.29, 1.82) is 0 Å². The van der Waals surface area contributed by atoms with Crippen LogP contribution in [0.3, 0.4) is 0 Å². The van der Waals surface area contributed by atoms with E-state index in [0.29, 0.717) is 22.4 Å². The van der Waals surface area contributed by atoms with Crippen molar-refractivity contribution in [1.82, 2.24) is 4.98 Å². The summed E-state index contributed by atoms with van der Waals surface area (Å²) in [5, 5.41) is 10.4. The molecule has 0 radical (unpaired) electrons. The van der Waals surface area contributed by atoms with E-state index in [9.17, 15) is 5.11 Å². The Morgan fingerprint density at radius 1 is 1.17 bits per heavy atom. The van der Waals surface area contributed by atoms with Crippen molar-refractivity contribution < 1.29 is 9.84 Å². The van der Waals surface area contributed by atoms with Crippen LogP contribution in [0.1, 0.15) is 18.5 Å². The first-order chi connectivity index (χ1) is 11.1. The van der Waals surface area contributed by atoms with Crippen molar-refractivity contribution in [3.8, 4) is 5.75 Å². The van der Waals surface area contributed by atoms with Gasteiger partial charge in [-0.1, -0.05) is 23.2 Å². The van der Waals surface area contributed by atoms with Gasteiger partial charge in [-0.25, -0.2) is 0 Å². The molecule has 122 valence electrons. The van der Waals surface area contributed by atoms with E-state index in [1.54, 1.807) is 24.4 Å². The monoisotopic (exact) mass is 352 g/mol. The van der Waals surface area contributed by atoms with Crippen LogP contribution in [0.2, 0.25) is 10.0 Å². The van der Waals surface area contributed by atoms with Gasteiger partial charge in [0.2, 0.25) is 0 Å². The molecule has 1 N–H and O–H groups in total. The Kier molecular flexibility index (Phi) is 5.26. The van der Waals surface area contributed by atoms with Gasteiger partial charge in [-0.2, -0.15) is 0 Å². The Hall–Kier alpha value is -1.49. The Labute approximate surface area is 145 Å². The highest BCUT2D eigenvalue weighted by Gasteiger charge is 2.20. The number of piperidine rings is 1. The molecule has 0 unspecified atom stereocenters. The van der Waals surface area contributed by atoms with E-state index in [4.69, 9.17) is 27.9 Å².